The highest BCUT2D eigenvalue weighted by molar-refractivity contribution is 5.78. The number of amides is 1. The molecule has 6 nitrogen and oxygen atoms in total. The van der Waals surface area contributed by atoms with Gasteiger partial charge in [0, 0.05) is 51.9 Å². The molecular weight excluding hydrogens is 376 g/mol. The van der Waals surface area contributed by atoms with Crippen LogP contribution in [0.25, 0.3) is 0 Å². The summed E-state index contributed by atoms with van der Waals surface area (Å²) in [6.07, 6.45) is 2.03. The molecule has 0 unspecified atom stereocenters. The smallest absolute Gasteiger partial charge is 0.234 e. The van der Waals surface area contributed by atoms with Gasteiger partial charge < -0.3 is 15.3 Å². The molecular formula is C24H32N4O2. The number of carbonyl (C=O) groups is 1. The van der Waals surface area contributed by atoms with E-state index in [2.05, 4.69) is 50.3 Å². The molecule has 30 heavy (non-hydrogen) atoms. The first-order valence-corrected chi connectivity index (χ1v) is 11.0. The number of hydrogen-bond donors (Lipinski definition) is 2. The van der Waals surface area contributed by atoms with Gasteiger partial charge in [0.05, 0.1) is 12.2 Å². The molecule has 2 saturated heterocycles. The SMILES string of the molecule is O=C(CN1CCN(c2ccccc2O)CC1)NC1CCN(Cc2ccccc2)CC1. The number of nitrogens with one attached hydrogen (secondary N) is 1. The van der Waals surface area contributed by atoms with E-state index in [4.69, 9.17) is 0 Å². The molecule has 2 aromatic rings. The number of phenols is 1. The third-order valence-corrected chi connectivity index (χ3v) is 6.16. The Labute approximate surface area is 179 Å². The maximum atomic E-state index is 12.5. The third kappa shape index (κ3) is 5.52. The maximum absolute atomic E-state index is 12.5. The van der Waals surface area contributed by atoms with Crippen LogP contribution in [-0.2, 0) is 11.3 Å². The van der Waals surface area contributed by atoms with Crippen molar-refractivity contribution in [1.82, 2.24) is 15.1 Å². The molecule has 0 spiro atoms. The molecule has 2 N–H and O–H groups in total. The number of benzene rings is 2. The standard InChI is InChI=1S/C24H32N4O2/c29-23-9-5-4-8-22(23)28-16-14-27(15-17-28)19-24(30)25-21-10-12-26(13-11-21)18-20-6-2-1-3-7-20/h1-9,21,29H,10-19H2,(H,25,30). The lowest BCUT2D eigenvalue weighted by molar-refractivity contribution is -0.123. The lowest BCUT2D eigenvalue weighted by atomic mass is 10.0. The van der Waals surface area contributed by atoms with Crippen molar-refractivity contribution in [3.63, 3.8) is 0 Å². The van der Waals surface area contributed by atoms with Gasteiger partial charge >= 0.3 is 0 Å². The number of piperidine rings is 1. The monoisotopic (exact) mass is 408 g/mol. The van der Waals surface area contributed by atoms with E-state index in [1.54, 1.807) is 6.07 Å². The summed E-state index contributed by atoms with van der Waals surface area (Å²) in [5.41, 5.74) is 2.23. The summed E-state index contributed by atoms with van der Waals surface area (Å²) >= 11 is 0. The summed E-state index contributed by atoms with van der Waals surface area (Å²) in [5, 5.41) is 13.3. The molecule has 160 valence electrons. The fourth-order valence-electron chi connectivity index (χ4n) is 4.43. The van der Waals surface area contributed by atoms with Gasteiger partial charge in [-0.3, -0.25) is 14.6 Å². The summed E-state index contributed by atoms with van der Waals surface area (Å²) in [6.45, 7) is 6.81. The Hall–Kier alpha value is -2.57. The van der Waals surface area contributed by atoms with E-state index in [0.29, 0.717) is 12.3 Å². The number of hydrogen-bond acceptors (Lipinski definition) is 5. The molecule has 0 aromatic heterocycles. The number of piperazine rings is 1. The minimum Gasteiger partial charge on any atom is -0.506 e. The van der Waals surface area contributed by atoms with E-state index < -0.39 is 0 Å². The number of rotatable bonds is 6. The Kier molecular flexibility index (Phi) is 6.87. The van der Waals surface area contributed by atoms with Crippen LogP contribution in [0.1, 0.15) is 18.4 Å². The zero-order valence-corrected chi connectivity index (χ0v) is 17.5. The second-order valence-corrected chi connectivity index (χ2v) is 8.36. The van der Waals surface area contributed by atoms with Crippen LogP contribution in [0.4, 0.5) is 5.69 Å². The van der Waals surface area contributed by atoms with Crippen LogP contribution in [0.3, 0.4) is 0 Å². The van der Waals surface area contributed by atoms with Crippen LogP contribution in [-0.4, -0.2) is 72.7 Å². The summed E-state index contributed by atoms with van der Waals surface area (Å²) in [4.78, 5) is 19.4. The van der Waals surface area contributed by atoms with Crippen molar-refractivity contribution in [2.75, 3.05) is 50.7 Å². The van der Waals surface area contributed by atoms with Gasteiger partial charge in [-0.05, 0) is 30.5 Å². The Balaban J connectivity index is 1.16. The summed E-state index contributed by atoms with van der Waals surface area (Å²) < 4.78 is 0. The van der Waals surface area contributed by atoms with Gasteiger partial charge in [-0.25, -0.2) is 0 Å². The topological polar surface area (TPSA) is 59.1 Å². The lowest BCUT2D eigenvalue weighted by Gasteiger charge is -2.36. The normalized spacial score (nSPS) is 19.0. The van der Waals surface area contributed by atoms with Crippen LogP contribution >= 0.6 is 0 Å². The second kappa shape index (κ2) is 9.96. The summed E-state index contributed by atoms with van der Waals surface area (Å²) in [7, 11) is 0. The number of aromatic hydroxyl groups is 1. The van der Waals surface area contributed by atoms with Crippen molar-refractivity contribution >= 4 is 11.6 Å². The predicted molar refractivity (Wildman–Crippen MR) is 120 cm³/mol. The first-order chi connectivity index (χ1) is 14.7. The molecule has 2 aliphatic rings. The van der Waals surface area contributed by atoms with E-state index in [0.717, 1.165) is 64.3 Å². The Morgan fingerprint density at radius 2 is 1.53 bits per heavy atom. The number of nitrogens with zero attached hydrogens (tertiary/aromatic N) is 3. The molecule has 1 amide bonds. The van der Waals surface area contributed by atoms with Crippen LogP contribution < -0.4 is 10.2 Å². The van der Waals surface area contributed by atoms with Crippen LogP contribution in [0.5, 0.6) is 5.75 Å². The molecule has 0 atom stereocenters. The Bertz CT molecular complexity index is 813. The van der Waals surface area contributed by atoms with Gasteiger partial charge in [0.1, 0.15) is 5.75 Å². The van der Waals surface area contributed by atoms with Gasteiger partial charge in [-0.15, -0.1) is 0 Å². The fourth-order valence-corrected chi connectivity index (χ4v) is 4.43. The van der Waals surface area contributed by atoms with Crippen molar-refractivity contribution in [3.8, 4) is 5.75 Å². The number of carbonyl (C=O) groups excluding carboxylic acids is 1. The van der Waals surface area contributed by atoms with E-state index in [9.17, 15) is 9.90 Å². The first kappa shape index (κ1) is 20.7. The molecule has 6 heteroatoms. The Morgan fingerprint density at radius 1 is 0.867 bits per heavy atom. The quantitative estimate of drug-likeness (QED) is 0.768. The van der Waals surface area contributed by atoms with Gasteiger partial charge in [-0.1, -0.05) is 42.5 Å². The fraction of sp³-hybridized carbons (Fsp3) is 0.458. The number of phenolic OH excluding ortho intramolecular Hbond substituents is 1. The van der Waals surface area contributed by atoms with Crippen LogP contribution in [0.2, 0.25) is 0 Å². The molecule has 0 radical (unpaired) electrons. The molecule has 4 rings (SSSR count). The first-order valence-electron chi connectivity index (χ1n) is 11.0. The van der Waals surface area contributed by atoms with E-state index in [1.165, 1.54) is 5.56 Å². The highest BCUT2D eigenvalue weighted by Gasteiger charge is 2.24. The van der Waals surface area contributed by atoms with Gasteiger partial charge in [-0.2, -0.15) is 0 Å². The lowest BCUT2D eigenvalue weighted by Crippen LogP contribution is -2.51. The predicted octanol–water partition coefficient (Wildman–Crippen LogP) is 2.29. The van der Waals surface area contributed by atoms with Gasteiger partial charge in [0.15, 0.2) is 0 Å². The molecule has 0 saturated carbocycles. The van der Waals surface area contributed by atoms with Crippen molar-refractivity contribution in [1.29, 1.82) is 0 Å². The molecule has 0 aliphatic carbocycles. The third-order valence-electron chi connectivity index (χ3n) is 6.16. The van der Waals surface area contributed by atoms with E-state index in [1.807, 2.05) is 18.2 Å². The average molecular weight is 409 g/mol. The van der Waals surface area contributed by atoms with Crippen LogP contribution in [0.15, 0.2) is 54.6 Å². The number of anilines is 1. The average Bonchev–Trinajstić information content (AvgIpc) is 2.77. The maximum Gasteiger partial charge on any atom is 0.234 e. The van der Waals surface area contributed by atoms with Crippen molar-refractivity contribution in [2.24, 2.45) is 0 Å². The molecule has 2 heterocycles. The van der Waals surface area contributed by atoms with E-state index >= 15 is 0 Å². The highest BCUT2D eigenvalue weighted by Crippen LogP contribution is 2.27. The zero-order chi connectivity index (χ0) is 20.8. The van der Waals surface area contributed by atoms with Gasteiger partial charge in [0.25, 0.3) is 0 Å². The minimum absolute atomic E-state index is 0.132. The highest BCUT2D eigenvalue weighted by atomic mass is 16.3. The largest absolute Gasteiger partial charge is 0.506 e. The second-order valence-electron chi connectivity index (χ2n) is 8.36. The molecule has 2 aromatic carbocycles. The molecule has 2 aliphatic heterocycles. The van der Waals surface area contributed by atoms with E-state index in [-0.39, 0.29) is 11.9 Å². The summed E-state index contributed by atoms with van der Waals surface area (Å²) in [6, 6.07) is 18.3. The minimum atomic E-state index is 0.132. The number of likely N-dealkylation sites (tertiary alicyclic amines) is 1. The van der Waals surface area contributed by atoms with Crippen molar-refractivity contribution in [3.05, 3.63) is 60.2 Å². The molecule has 2 fully saturated rings. The molecule has 0 bridgehead atoms. The van der Waals surface area contributed by atoms with Crippen molar-refractivity contribution in [2.45, 2.75) is 25.4 Å². The zero-order valence-electron chi connectivity index (χ0n) is 17.5. The Morgan fingerprint density at radius 3 is 2.23 bits per heavy atom. The van der Waals surface area contributed by atoms with Crippen LogP contribution in [0, 0.1) is 0 Å². The van der Waals surface area contributed by atoms with Crippen molar-refractivity contribution < 1.29 is 9.90 Å². The summed E-state index contributed by atoms with van der Waals surface area (Å²) in [5.74, 6) is 0.454. The van der Waals surface area contributed by atoms with Gasteiger partial charge in [0.2, 0.25) is 5.91 Å². The number of para-hydroxylation sites is 2.